The number of fused-ring (bicyclic) bond motifs is 2. The molecule has 0 saturated carbocycles. The molecule has 1 aliphatic heterocycles. The lowest BCUT2D eigenvalue weighted by atomic mass is 9.94. The Morgan fingerprint density at radius 3 is 2.47 bits per heavy atom. The summed E-state index contributed by atoms with van der Waals surface area (Å²) in [7, 11) is 1.68. The number of benzene rings is 3. The number of carbonyl (C=O) groups excluding carboxylic acids is 1. The summed E-state index contributed by atoms with van der Waals surface area (Å²) >= 11 is 0. The maximum absolute atomic E-state index is 13.9. The fourth-order valence-corrected chi connectivity index (χ4v) is 4.64. The molecule has 1 amide bonds. The van der Waals surface area contributed by atoms with Crippen molar-refractivity contribution in [3.63, 3.8) is 0 Å². The first-order chi connectivity index (χ1) is 15.4. The SMILES string of the molecule is C[C@H]1c2nn(C)c(-c3cc(F)c(F)c(F)c3)c2CCN1C(=O)c1cccc2ccccc12. The number of hydrogen-bond acceptors (Lipinski definition) is 2. The van der Waals surface area contributed by atoms with E-state index in [0.717, 1.165) is 28.5 Å². The van der Waals surface area contributed by atoms with Gasteiger partial charge in [-0.15, -0.1) is 0 Å². The van der Waals surface area contributed by atoms with Gasteiger partial charge in [0.2, 0.25) is 0 Å². The molecule has 0 aliphatic carbocycles. The van der Waals surface area contributed by atoms with Crippen LogP contribution in [0.25, 0.3) is 22.0 Å². The second-order valence-corrected chi connectivity index (χ2v) is 8.04. The number of halogens is 3. The van der Waals surface area contributed by atoms with Gasteiger partial charge in [-0.3, -0.25) is 9.48 Å². The van der Waals surface area contributed by atoms with Crippen LogP contribution in [0.1, 0.15) is 34.6 Å². The summed E-state index contributed by atoms with van der Waals surface area (Å²) < 4.78 is 42.7. The number of amides is 1. The Morgan fingerprint density at radius 1 is 1.03 bits per heavy atom. The van der Waals surface area contributed by atoms with Crippen molar-refractivity contribution in [3.05, 3.63) is 88.9 Å². The molecule has 4 aromatic rings. The molecule has 1 atom stereocenters. The molecule has 3 aromatic carbocycles. The predicted octanol–water partition coefficient (Wildman–Crippen LogP) is 5.42. The van der Waals surface area contributed by atoms with Crippen LogP contribution in [0, 0.1) is 17.5 Å². The van der Waals surface area contributed by atoms with Crippen molar-refractivity contribution >= 4 is 16.7 Å². The highest BCUT2D eigenvalue weighted by atomic mass is 19.2. The maximum Gasteiger partial charge on any atom is 0.255 e. The smallest absolute Gasteiger partial charge is 0.255 e. The molecule has 0 fully saturated rings. The van der Waals surface area contributed by atoms with Gasteiger partial charge >= 0.3 is 0 Å². The van der Waals surface area contributed by atoms with Crippen LogP contribution in [0.15, 0.2) is 54.6 Å². The Balaban J connectivity index is 1.54. The van der Waals surface area contributed by atoms with E-state index in [4.69, 9.17) is 0 Å². The summed E-state index contributed by atoms with van der Waals surface area (Å²) in [4.78, 5) is 15.2. The molecule has 162 valence electrons. The van der Waals surface area contributed by atoms with E-state index in [1.165, 1.54) is 0 Å². The van der Waals surface area contributed by atoms with E-state index in [0.29, 0.717) is 29.9 Å². The molecule has 0 saturated heterocycles. The standard InChI is InChI=1S/C25H20F3N3O/c1-14-23-19(24(30(2)29-23)16-12-20(26)22(28)21(27)13-16)10-11-31(14)25(32)18-9-5-7-15-6-3-4-8-17(15)18/h3-9,12-14H,10-11H2,1-2H3/t14-/m0/s1. The van der Waals surface area contributed by atoms with Gasteiger partial charge in [0.15, 0.2) is 17.5 Å². The number of rotatable bonds is 2. The van der Waals surface area contributed by atoms with E-state index in [1.54, 1.807) is 16.6 Å². The summed E-state index contributed by atoms with van der Waals surface area (Å²) in [5.41, 5.74) is 2.86. The number of carbonyl (C=O) groups is 1. The number of aromatic nitrogens is 2. The van der Waals surface area contributed by atoms with Crippen LogP contribution >= 0.6 is 0 Å². The van der Waals surface area contributed by atoms with E-state index in [2.05, 4.69) is 5.10 Å². The van der Waals surface area contributed by atoms with Crippen molar-refractivity contribution < 1.29 is 18.0 Å². The summed E-state index contributed by atoms with van der Waals surface area (Å²) in [6.45, 7) is 2.32. The van der Waals surface area contributed by atoms with Gasteiger partial charge in [0.05, 0.1) is 17.4 Å². The highest BCUT2D eigenvalue weighted by Crippen LogP contribution is 2.37. The van der Waals surface area contributed by atoms with Crippen LogP contribution < -0.4 is 0 Å². The first-order valence-electron chi connectivity index (χ1n) is 10.4. The van der Waals surface area contributed by atoms with Crippen LogP contribution in [0.3, 0.4) is 0 Å². The molecular formula is C25H20F3N3O. The first kappa shape index (κ1) is 20.3. The predicted molar refractivity (Wildman–Crippen MR) is 116 cm³/mol. The quantitative estimate of drug-likeness (QED) is 0.395. The normalized spacial score (nSPS) is 15.8. The topological polar surface area (TPSA) is 38.1 Å². The maximum atomic E-state index is 13.9. The molecule has 0 N–H and O–H groups in total. The lowest BCUT2D eigenvalue weighted by Gasteiger charge is -2.33. The van der Waals surface area contributed by atoms with E-state index < -0.39 is 17.5 Å². The van der Waals surface area contributed by atoms with Gasteiger partial charge in [0.1, 0.15) is 0 Å². The van der Waals surface area contributed by atoms with Crippen molar-refractivity contribution in [2.45, 2.75) is 19.4 Å². The number of aryl methyl sites for hydroxylation is 1. The Morgan fingerprint density at radius 2 is 1.72 bits per heavy atom. The lowest BCUT2D eigenvalue weighted by Crippen LogP contribution is -2.39. The van der Waals surface area contributed by atoms with Crippen LogP contribution in [0.2, 0.25) is 0 Å². The molecule has 1 aromatic heterocycles. The summed E-state index contributed by atoms with van der Waals surface area (Å²) in [6, 6.07) is 15.0. The average molecular weight is 435 g/mol. The van der Waals surface area contributed by atoms with Crippen LogP contribution in [-0.2, 0) is 13.5 Å². The monoisotopic (exact) mass is 435 g/mol. The van der Waals surface area contributed by atoms with E-state index in [1.807, 2.05) is 49.4 Å². The zero-order chi connectivity index (χ0) is 22.6. The highest BCUT2D eigenvalue weighted by molar-refractivity contribution is 6.07. The molecule has 0 unspecified atom stereocenters. The Labute approximate surface area is 182 Å². The molecule has 2 heterocycles. The van der Waals surface area contributed by atoms with Gasteiger partial charge in [0.25, 0.3) is 5.91 Å². The van der Waals surface area contributed by atoms with Gasteiger partial charge in [-0.2, -0.15) is 5.10 Å². The zero-order valence-electron chi connectivity index (χ0n) is 17.6. The van der Waals surface area contributed by atoms with Gasteiger partial charge in [-0.05, 0) is 42.3 Å². The summed E-state index contributed by atoms with van der Waals surface area (Å²) in [5, 5.41) is 6.44. The zero-order valence-corrected chi connectivity index (χ0v) is 17.6. The first-order valence-corrected chi connectivity index (χ1v) is 10.4. The second kappa shape index (κ2) is 7.51. The lowest BCUT2D eigenvalue weighted by molar-refractivity contribution is 0.0675. The van der Waals surface area contributed by atoms with Gasteiger partial charge < -0.3 is 4.90 Å². The Kier molecular flexibility index (Phi) is 4.77. The molecule has 1 aliphatic rings. The minimum Gasteiger partial charge on any atom is -0.330 e. The number of nitrogens with zero attached hydrogens (tertiary/aromatic N) is 3. The van der Waals surface area contributed by atoms with Crippen molar-refractivity contribution in [2.75, 3.05) is 6.54 Å². The third-order valence-corrected chi connectivity index (χ3v) is 6.18. The summed E-state index contributed by atoms with van der Waals surface area (Å²) in [6.07, 6.45) is 0.472. The largest absolute Gasteiger partial charge is 0.330 e. The van der Waals surface area contributed by atoms with E-state index in [9.17, 15) is 18.0 Å². The molecule has 0 radical (unpaired) electrons. The van der Waals surface area contributed by atoms with Gasteiger partial charge in [0, 0.05) is 30.3 Å². The minimum absolute atomic E-state index is 0.0916. The molecule has 4 nitrogen and oxygen atoms in total. The Hall–Kier alpha value is -3.61. The van der Waals surface area contributed by atoms with Crippen LogP contribution in [0.5, 0.6) is 0 Å². The highest BCUT2D eigenvalue weighted by Gasteiger charge is 2.34. The van der Waals surface area contributed by atoms with Gasteiger partial charge in [-0.1, -0.05) is 36.4 Å². The Bertz CT molecular complexity index is 1350. The van der Waals surface area contributed by atoms with Crippen molar-refractivity contribution in [1.29, 1.82) is 0 Å². The van der Waals surface area contributed by atoms with Crippen LogP contribution in [-0.4, -0.2) is 27.1 Å². The minimum atomic E-state index is -1.50. The summed E-state index contributed by atoms with van der Waals surface area (Å²) in [5.74, 6) is -4.07. The fourth-order valence-electron chi connectivity index (χ4n) is 4.64. The number of hydrogen-bond donors (Lipinski definition) is 0. The third kappa shape index (κ3) is 3.07. The van der Waals surface area contributed by atoms with Gasteiger partial charge in [-0.25, -0.2) is 13.2 Å². The van der Waals surface area contributed by atoms with Crippen molar-refractivity contribution in [1.82, 2.24) is 14.7 Å². The molecule has 7 heteroatoms. The second-order valence-electron chi connectivity index (χ2n) is 8.04. The van der Waals surface area contributed by atoms with E-state index >= 15 is 0 Å². The van der Waals surface area contributed by atoms with Crippen molar-refractivity contribution in [3.8, 4) is 11.3 Å². The molecule has 5 rings (SSSR count). The van der Waals surface area contributed by atoms with E-state index in [-0.39, 0.29) is 17.5 Å². The average Bonchev–Trinajstić information content (AvgIpc) is 3.13. The molecule has 0 bridgehead atoms. The van der Waals surface area contributed by atoms with Crippen LogP contribution in [0.4, 0.5) is 13.2 Å². The third-order valence-electron chi connectivity index (χ3n) is 6.18. The molecule has 32 heavy (non-hydrogen) atoms. The molecule has 0 spiro atoms. The fraction of sp³-hybridized carbons (Fsp3) is 0.200. The molecular weight excluding hydrogens is 415 g/mol. The van der Waals surface area contributed by atoms with Crippen molar-refractivity contribution in [2.24, 2.45) is 7.05 Å².